The Labute approximate surface area is 231 Å². The molecular weight excluding hydrogens is 496 g/mol. The molecule has 0 spiro atoms. The number of esters is 1. The smallest absolute Gasteiger partial charge is 0.337 e. The summed E-state index contributed by atoms with van der Waals surface area (Å²) in [5, 5.41) is 15.0. The SMILES string of the molecule is CCCCc1ccc(CCCC(CC(=O)O)C(=O)NC(CC(C)C)C(=O)Nc2ccc(C(=O)OC)cc2)cc1. The molecule has 39 heavy (non-hydrogen) atoms. The largest absolute Gasteiger partial charge is 0.481 e. The number of carboxylic acids is 1. The Balaban J connectivity index is 2.01. The summed E-state index contributed by atoms with van der Waals surface area (Å²) in [4.78, 5) is 49.4. The van der Waals surface area contributed by atoms with Crippen LogP contribution in [0.5, 0.6) is 0 Å². The van der Waals surface area contributed by atoms with Gasteiger partial charge in [0.05, 0.1) is 19.1 Å². The number of hydrogen-bond donors (Lipinski definition) is 3. The zero-order valence-corrected chi connectivity index (χ0v) is 23.5. The molecule has 2 atom stereocenters. The molecule has 0 aliphatic heterocycles. The van der Waals surface area contributed by atoms with Gasteiger partial charge in [0.2, 0.25) is 11.8 Å². The van der Waals surface area contributed by atoms with Crippen molar-refractivity contribution in [3.8, 4) is 0 Å². The molecule has 0 aliphatic rings. The highest BCUT2D eigenvalue weighted by atomic mass is 16.5. The number of benzene rings is 2. The van der Waals surface area contributed by atoms with Crippen LogP contribution >= 0.6 is 0 Å². The van der Waals surface area contributed by atoms with Crippen LogP contribution < -0.4 is 10.6 Å². The Morgan fingerprint density at radius 3 is 1.97 bits per heavy atom. The molecule has 2 unspecified atom stereocenters. The maximum absolute atomic E-state index is 13.2. The number of aryl methyl sites for hydroxylation is 2. The Morgan fingerprint density at radius 1 is 0.872 bits per heavy atom. The van der Waals surface area contributed by atoms with Gasteiger partial charge >= 0.3 is 11.9 Å². The summed E-state index contributed by atoms with van der Waals surface area (Å²) >= 11 is 0. The zero-order chi connectivity index (χ0) is 28.8. The van der Waals surface area contributed by atoms with E-state index in [2.05, 4.69) is 46.6 Å². The van der Waals surface area contributed by atoms with Gasteiger partial charge in [-0.25, -0.2) is 4.79 Å². The van der Waals surface area contributed by atoms with Gasteiger partial charge in [0.1, 0.15) is 6.04 Å². The van der Waals surface area contributed by atoms with Gasteiger partial charge in [-0.1, -0.05) is 51.5 Å². The molecule has 0 saturated heterocycles. The summed E-state index contributed by atoms with van der Waals surface area (Å²) in [6, 6.07) is 13.9. The molecular formula is C31H42N2O6. The highest BCUT2D eigenvalue weighted by Gasteiger charge is 2.27. The number of methoxy groups -OCH3 is 1. The van der Waals surface area contributed by atoms with Crippen LogP contribution in [0.1, 0.15) is 80.8 Å². The number of aliphatic carboxylic acids is 1. The Bertz CT molecular complexity index is 1080. The first-order valence-corrected chi connectivity index (χ1v) is 13.7. The first-order valence-electron chi connectivity index (χ1n) is 13.7. The van der Waals surface area contributed by atoms with Gasteiger partial charge in [-0.3, -0.25) is 14.4 Å². The standard InChI is InChI=1S/C31H42N2O6/c1-5-6-8-22-11-13-23(14-12-22)9-7-10-25(20-28(34)35)29(36)33-27(19-21(2)3)30(37)32-26-17-15-24(16-18-26)31(38)39-4/h11-18,21,25,27H,5-10,19-20H2,1-4H3,(H,32,37)(H,33,36)(H,34,35). The maximum atomic E-state index is 13.2. The number of carboxylic acid groups (broad SMARTS) is 1. The van der Waals surface area contributed by atoms with E-state index in [4.69, 9.17) is 0 Å². The molecule has 0 aromatic heterocycles. The van der Waals surface area contributed by atoms with Crippen molar-refractivity contribution in [2.45, 2.75) is 78.2 Å². The molecule has 2 aromatic rings. The lowest BCUT2D eigenvalue weighted by Crippen LogP contribution is -2.47. The highest BCUT2D eigenvalue weighted by molar-refractivity contribution is 5.98. The normalized spacial score (nSPS) is 12.4. The minimum absolute atomic E-state index is 0.112. The fraction of sp³-hybridized carbons (Fsp3) is 0.484. The molecule has 0 heterocycles. The van der Waals surface area contributed by atoms with Crippen LogP contribution in [0.15, 0.2) is 48.5 Å². The van der Waals surface area contributed by atoms with E-state index in [0.717, 1.165) is 31.2 Å². The number of nitrogens with one attached hydrogen (secondary N) is 2. The summed E-state index contributed by atoms with van der Waals surface area (Å²) < 4.78 is 4.69. The second-order valence-corrected chi connectivity index (χ2v) is 10.4. The van der Waals surface area contributed by atoms with Gasteiger partial charge in [0.25, 0.3) is 0 Å². The first-order chi connectivity index (χ1) is 18.6. The Hall–Kier alpha value is -3.68. The predicted molar refractivity (Wildman–Crippen MR) is 152 cm³/mol. The van der Waals surface area contributed by atoms with Gasteiger partial charge in [-0.05, 0) is 79.8 Å². The number of rotatable bonds is 16. The number of carbonyl (C=O) groups is 4. The molecule has 2 amide bonds. The summed E-state index contributed by atoms with van der Waals surface area (Å²) in [6.07, 6.45) is 5.26. The second-order valence-electron chi connectivity index (χ2n) is 10.4. The van der Waals surface area contributed by atoms with E-state index < -0.39 is 35.7 Å². The number of carbonyl (C=O) groups excluding carboxylic acids is 3. The lowest BCUT2D eigenvalue weighted by molar-refractivity contribution is -0.141. The van der Waals surface area contributed by atoms with E-state index in [9.17, 15) is 24.3 Å². The monoisotopic (exact) mass is 538 g/mol. The van der Waals surface area contributed by atoms with E-state index in [1.807, 2.05) is 13.8 Å². The van der Waals surface area contributed by atoms with E-state index in [-0.39, 0.29) is 12.3 Å². The van der Waals surface area contributed by atoms with Crippen LogP contribution in [0, 0.1) is 11.8 Å². The number of amides is 2. The predicted octanol–water partition coefficient (Wildman–Crippen LogP) is 5.40. The van der Waals surface area contributed by atoms with Crippen LogP contribution in [-0.4, -0.2) is 42.0 Å². The fourth-order valence-electron chi connectivity index (χ4n) is 4.37. The summed E-state index contributed by atoms with van der Waals surface area (Å²) in [5.41, 5.74) is 3.28. The molecule has 0 aliphatic carbocycles. The van der Waals surface area contributed by atoms with Crippen LogP contribution in [0.4, 0.5) is 5.69 Å². The second kappa shape index (κ2) is 16.3. The van der Waals surface area contributed by atoms with Crippen LogP contribution in [0.3, 0.4) is 0 Å². The lowest BCUT2D eigenvalue weighted by Gasteiger charge is -2.23. The van der Waals surface area contributed by atoms with Gasteiger partial charge in [-0.15, -0.1) is 0 Å². The molecule has 0 saturated carbocycles. The van der Waals surface area contributed by atoms with Crippen molar-refractivity contribution in [1.82, 2.24) is 5.32 Å². The number of unbranched alkanes of at least 4 members (excludes halogenated alkanes) is 1. The molecule has 8 heteroatoms. The van der Waals surface area contributed by atoms with Crippen LogP contribution in [-0.2, 0) is 32.0 Å². The third-order valence-corrected chi connectivity index (χ3v) is 6.57. The molecule has 2 rings (SSSR count). The van der Waals surface area contributed by atoms with Crippen LogP contribution in [0.2, 0.25) is 0 Å². The summed E-state index contributed by atoms with van der Waals surface area (Å²) in [5.74, 6) is -3.00. The molecule has 8 nitrogen and oxygen atoms in total. The van der Waals surface area contributed by atoms with E-state index in [1.165, 1.54) is 12.7 Å². The average molecular weight is 539 g/mol. The Morgan fingerprint density at radius 2 is 1.46 bits per heavy atom. The molecule has 3 N–H and O–H groups in total. The average Bonchev–Trinajstić information content (AvgIpc) is 2.91. The van der Waals surface area contributed by atoms with Crippen molar-refractivity contribution >= 4 is 29.4 Å². The van der Waals surface area contributed by atoms with Crippen LogP contribution in [0.25, 0.3) is 0 Å². The quantitative estimate of drug-likeness (QED) is 0.246. The minimum Gasteiger partial charge on any atom is -0.481 e. The van der Waals surface area contributed by atoms with Gasteiger partial charge in [-0.2, -0.15) is 0 Å². The molecule has 2 aromatic carbocycles. The third kappa shape index (κ3) is 11.3. The van der Waals surface area contributed by atoms with Crippen molar-refractivity contribution in [1.29, 1.82) is 0 Å². The van der Waals surface area contributed by atoms with Crippen molar-refractivity contribution in [2.24, 2.45) is 11.8 Å². The van der Waals surface area contributed by atoms with Crippen molar-refractivity contribution in [2.75, 3.05) is 12.4 Å². The maximum Gasteiger partial charge on any atom is 0.337 e. The lowest BCUT2D eigenvalue weighted by atomic mass is 9.94. The zero-order valence-electron chi connectivity index (χ0n) is 23.5. The topological polar surface area (TPSA) is 122 Å². The van der Waals surface area contributed by atoms with Gasteiger partial charge in [0, 0.05) is 11.6 Å². The third-order valence-electron chi connectivity index (χ3n) is 6.57. The number of anilines is 1. The van der Waals surface area contributed by atoms with Crippen molar-refractivity contribution in [3.05, 3.63) is 65.2 Å². The summed E-state index contributed by atoms with van der Waals surface area (Å²) in [7, 11) is 1.29. The summed E-state index contributed by atoms with van der Waals surface area (Å²) in [6.45, 7) is 6.06. The van der Waals surface area contributed by atoms with Gasteiger partial charge < -0.3 is 20.5 Å². The van der Waals surface area contributed by atoms with E-state index in [0.29, 0.717) is 30.5 Å². The minimum atomic E-state index is -1.05. The fourth-order valence-corrected chi connectivity index (χ4v) is 4.37. The van der Waals surface area contributed by atoms with Crippen molar-refractivity contribution < 1.29 is 29.0 Å². The first kappa shape index (κ1) is 31.5. The van der Waals surface area contributed by atoms with Crippen molar-refractivity contribution in [3.63, 3.8) is 0 Å². The molecule has 0 bridgehead atoms. The van der Waals surface area contributed by atoms with E-state index in [1.54, 1.807) is 24.3 Å². The number of hydrogen-bond acceptors (Lipinski definition) is 5. The Kier molecular flexibility index (Phi) is 13.2. The van der Waals surface area contributed by atoms with E-state index >= 15 is 0 Å². The van der Waals surface area contributed by atoms with Gasteiger partial charge in [0.15, 0.2) is 0 Å². The molecule has 212 valence electrons. The molecule has 0 radical (unpaired) electrons. The molecule has 0 fully saturated rings. The highest BCUT2D eigenvalue weighted by Crippen LogP contribution is 2.18. The number of ether oxygens (including phenoxy) is 1.